The minimum absolute atomic E-state index is 0.0544. The van der Waals surface area contributed by atoms with Crippen LogP contribution in [-0.2, 0) is 14.3 Å². The lowest BCUT2D eigenvalue weighted by molar-refractivity contribution is -0.152. The molecule has 3 unspecified atom stereocenters. The predicted molar refractivity (Wildman–Crippen MR) is 74.5 cm³/mol. The SMILES string of the molecule is CCO/C=C(\C)C(=O)OC1CC2CCC1(C)C2(C)C. The molecule has 2 rings (SSSR count). The summed E-state index contributed by atoms with van der Waals surface area (Å²) in [7, 11) is 0. The first-order valence-corrected chi connectivity index (χ1v) is 7.32. The minimum Gasteiger partial charge on any atom is -0.501 e. The van der Waals surface area contributed by atoms with Gasteiger partial charge in [-0.15, -0.1) is 0 Å². The van der Waals surface area contributed by atoms with Crippen LogP contribution in [0.2, 0.25) is 0 Å². The summed E-state index contributed by atoms with van der Waals surface area (Å²) >= 11 is 0. The molecule has 19 heavy (non-hydrogen) atoms. The van der Waals surface area contributed by atoms with E-state index in [1.807, 2.05) is 6.92 Å². The highest BCUT2D eigenvalue weighted by atomic mass is 16.5. The van der Waals surface area contributed by atoms with Gasteiger partial charge in [0.2, 0.25) is 0 Å². The van der Waals surface area contributed by atoms with E-state index in [-0.39, 0.29) is 22.9 Å². The van der Waals surface area contributed by atoms with E-state index in [4.69, 9.17) is 9.47 Å². The summed E-state index contributed by atoms with van der Waals surface area (Å²) in [6, 6.07) is 0. The molecule has 0 aromatic carbocycles. The van der Waals surface area contributed by atoms with E-state index < -0.39 is 0 Å². The van der Waals surface area contributed by atoms with Gasteiger partial charge in [-0.1, -0.05) is 20.8 Å². The summed E-state index contributed by atoms with van der Waals surface area (Å²) in [5, 5.41) is 0. The third-order valence-corrected chi connectivity index (χ3v) is 5.71. The second-order valence-electron chi connectivity index (χ2n) is 6.76. The van der Waals surface area contributed by atoms with Crippen LogP contribution in [-0.4, -0.2) is 18.7 Å². The van der Waals surface area contributed by atoms with Crippen molar-refractivity contribution in [1.29, 1.82) is 0 Å². The van der Waals surface area contributed by atoms with E-state index in [0.29, 0.717) is 18.1 Å². The first kappa shape index (κ1) is 14.4. The molecular formula is C16H26O3. The highest BCUT2D eigenvalue weighted by molar-refractivity contribution is 5.87. The third-order valence-electron chi connectivity index (χ3n) is 5.71. The average Bonchev–Trinajstić information content (AvgIpc) is 2.68. The maximum Gasteiger partial charge on any atom is 0.337 e. The first-order chi connectivity index (χ1) is 8.83. The Morgan fingerprint density at radius 2 is 2.05 bits per heavy atom. The molecule has 3 nitrogen and oxygen atoms in total. The summed E-state index contributed by atoms with van der Waals surface area (Å²) in [6.45, 7) is 11.1. The molecule has 3 heteroatoms. The molecule has 2 aliphatic rings. The Kier molecular flexibility index (Phi) is 3.67. The zero-order valence-electron chi connectivity index (χ0n) is 12.8. The molecule has 2 fully saturated rings. The minimum atomic E-state index is -0.233. The topological polar surface area (TPSA) is 35.5 Å². The third kappa shape index (κ3) is 2.17. The first-order valence-electron chi connectivity index (χ1n) is 7.32. The molecule has 0 aliphatic heterocycles. The van der Waals surface area contributed by atoms with E-state index in [0.717, 1.165) is 12.8 Å². The van der Waals surface area contributed by atoms with Gasteiger partial charge in [0.05, 0.1) is 18.4 Å². The number of rotatable bonds is 4. The largest absolute Gasteiger partial charge is 0.501 e. The lowest BCUT2D eigenvalue weighted by atomic mass is 9.70. The second-order valence-corrected chi connectivity index (χ2v) is 6.76. The lowest BCUT2D eigenvalue weighted by Gasteiger charge is -2.38. The zero-order valence-corrected chi connectivity index (χ0v) is 12.8. The van der Waals surface area contributed by atoms with Gasteiger partial charge in [-0.05, 0) is 44.4 Å². The summed E-state index contributed by atoms with van der Waals surface area (Å²) in [5.74, 6) is 0.453. The highest BCUT2D eigenvalue weighted by Crippen LogP contribution is 2.66. The molecular weight excluding hydrogens is 240 g/mol. The van der Waals surface area contributed by atoms with E-state index in [1.54, 1.807) is 6.92 Å². The van der Waals surface area contributed by atoms with Gasteiger partial charge in [-0.3, -0.25) is 0 Å². The number of fused-ring (bicyclic) bond motifs is 2. The van der Waals surface area contributed by atoms with Crippen LogP contribution in [0.4, 0.5) is 0 Å². The van der Waals surface area contributed by atoms with Crippen molar-refractivity contribution in [2.24, 2.45) is 16.7 Å². The van der Waals surface area contributed by atoms with Crippen LogP contribution in [0.25, 0.3) is 0 Å². The number of esters is 1. The fraction of sp³-hybridized carbons (Fsp3) is 0.812. The molecule has 0 saturated heterocycles. The Bertz CT molecular complexity index is 397. The van der Waals surface area contributed by atoms with Crippen molar-refractivity contribution in [3.8, 4) is 0 Å². The molecule has 0 N–H and O–H groups in total. The zero-order chi connectivity index (χ0) is 14.3. The lowest BCUT2D eigenvalue weighted by Crippen LogP contribution is -2.38. The van der Waals surface area contributed by atoms with Crippen molar-refractivity contribution in [3.63, 3.8) is 0 Å². The van der Waals surface area contributed by atoms with Gasteiger partial charge in [-0.25, -0.2) is 4.79 Å². The monoisotopic (exact) mass is 266 g/mol. The van der Waals surface area contributed by atoms with Crippen molar-refractivity contribution < 1.29 is 14.3 Å². The van der Waals surface area contributed by atoms with Crippen LogP contribution in [0.5, 0.6) is 0 Å². The standard InChI is InChI=1S/C16H26O3/c1-6-18-10-11(2)14(17)19-13-9-12-7-8-16(13,5)15(12,3)4/h10,12-13H,6-9H2,1-5H3/b11-10+. The molecule has 0 aromatic rings. The maximum absolute atomic E-state index is 12.1. The van der Waals surface area contributed by atoms with E-state index in [1.165, 1.54) is 12.7 Å². The van der Waals surface area contributed by atoms with Gasteiger partial charge in [0.25, 0.3) is 0 Å². The van der Waals surface area contributed by atoms with Crippen LogP contribution in [0, 0.1) is 16.7 Å². The Morgan fingerprint density at radius 3 is 2.53 bits per heavy atom. The summed E-state index contributed by atoms with van der Waals surface area (Å²) in [4.78, 5) is 12.1. The van der Waals surface area contributed by atoms with Gasteiger partial charge < -0.3 is 9.47 Å². The molecule has 2 bridgehead atoms. The van der Waals surface area contributed by atoms with Crippen molar-refractivity contribution in [1.82, 2.24) is 0 Å². The Morgan fingerprint density at radius 1 is 1.37 bits per heavy atom. The molecule has 0 spiro atoms. The fourth-order valence-electron chi connectivity index (χ4n) is 3.79. The Balaban J connectivity index is 2.04. The number of ether oxygens (including phenoxy) is 2. The Labute approximate surface area is 116 Å². The molecule has 0 heterocycles. The summed E-state index contributed by atoms with van der Waals surface area (Å²) < 4.78 is 10.9. The van der Waals surface area contributed by atoms with Crippen LogP contribution in [0.3, 0.4) is 0 Å². The van der Waals surface area contributed by atoms with Gasteiger partial charge >= 0.3 is 5.97 Å². The van der Waals surface area contributed by atoms with Gasteiger partial charge in [0.15, 0.2) is 0 Å². The average molecular weight is 266 g/mol. The number of hydrogen-bond donors (Lipinski definition) is 0. The van der Waals surface area contributed by atoms with Crippen molar-refractivity contribution in [2.75, 3.05) is 6.61 Å². The fourth-order valence-corrected chi connectivity index (χ4v) is 3.79. The van der Waals surface area contributed by atoms with Gasteiger partial charge in [0, 0.05) is 5.41 Å². The molecule has 108 valence electrons. The smallest absolute Gasteiger partial charge is 0.337 e. The van der Waals surface area contributed by atoms with E-state index in [2.05, 4.69) is 20.8 Å². The van der Waals surface area contributed by atoms with E-state index >= 15 is 0 Å². The number of hydrogen-bond acceptors (Lipinski definition) is 3. The Hall–Kier alpha value is -0.990. The maximum atomic E-state index is 12.1. The molecule has 3 atom stereocenters. The molecule has 0 amide bonds. The second kappa shape index (κ2) is 4.84. The highest BCUT2D eigenvalue weighted by Gasteiger charge is 2.62. The van der Waals surface area contributed by atoms with Crippen LogP contribution < -0.4 is 0 Å². The van der Waals surface area contributed by atoms with E-state index in [9.17, 15) is 4.79 Å². The number of carbonyl (C=O) groups excluding carboxylic acids is 1. The van der Waals surface area contributed by atoms with Crippen LogP contribution in [0.15, 0.2) is 11.8 Å². The van der Waals surface area contributed by atoms with Gasteiger partial charge in [0.1, 0.15) is 6.10 Å². The summed E-state index contributed by atoms with van der Waals surface area (Å²) in [6.07, 6.45) is 5.00. The molecule has 0 aromatic heterocycles. The quantitative estimate of drug-likeness (QED) is 0.442. The molecule has 2 aliphatic carbocycles. The van der Waals surface area contributed by atoms with Crippen molar-refractivity contribution >= 4 is 5.97 Å². The van der Waals surface area contributed by atoms with Crippen LogP contribution in [0.1, 0.15) is 53.9 Å². The van der Waals surface area contributed by atoms with Crippen molar-refractivity contribution in [3.05, 3.63) is 11.8 Å². The van der Waals surface area contributed by atoms with Gasteiger partial charge in [-0.2, -0.15) is 0 Å². The molecule has 2 saturated carbocycles. The molecule has 0 radical (unpaired) electrons. The normalized spacial score (nSPS) is 36.4. The van der Waals surface area contributed by atoms with Crippen molar-refractivity contribution in [2.45, 2.75) is 60.0 Å². The predicted octanol–water partition coefficient (Wildman–Crippen LogP) is 3.68. The summed E-state index contributed by atoms with van der Waals surface area (Å²) in [5.41, 5.74) is 0.945. The van der Waals surface area contributed by atoms with Crippen LogP contribution >= 0.6 is 0 Å². The number of carbonyl (C=O) groups is 1.